The predicted molar refractivity (Wildman–Crippen MR) is 120 cm³/mol. The highest BCUT2D eigenvalue weighted by molar-refractivity contribution is 8.24. The van der Waals surface area contributed by atoms with Gasteiger partial charge in [-0.25, -0.2) is 8.78 Å². The number of hydrogen-bond donors (Lipinski definition) is 3. The first-order valence-electron chi connectivity index (χ1n) is 10.0. The minimum Gasteiger partial charge on any atom is -0.342 e. The molecule has 3 N–H and O–H groups in total. The van der Waals surface area contributed by atoms with Gasteiger partial charge in [-0.15, -0.1) is 0 Å². The molecule has 4 rings (SSSR count). The van der Waals surface area contributed by atoms with E-state index in [4.69, 9.17) is 23.8 Å². The average molecular weight is 492 g/mol. The zero-order chi connectivity index (χ0) is 22.5. The topological polar surface area (TPSA) is 81.5 Å². The Morgan fingerprint density at radius 3 is 2.71 bits per heavy atom. The number of fused-ring (bicyclic) bond motifs is 1. The molecule has 0 spiro atoms. The van der Waals surface area contributed by atoms with E-state index in [1.54, 1.807) is 16.5 Å². The van der Waals surface area contributed by atoms with Crippen LogP contribution in [0.1, 0.15) is 35.7 Å². The molecule has 3 heterocycles. The van der Waals surface area contributed by atoms with E-state index < -0.39 is 28.1 Å². The van der Waals surface area contributed by atoms with Crippen LogP contribution in [0.4, 0.5) is 8.78 Å². The third-order valence-corrected chi connectivity index (χ3v) is 8.73. The van der Waals surface area contributed by atoms with Gasteiger partial charge in [-0.2, -0.15) is 10.6 Å². The van der Waals surface area contributed by atoms with Gasteiger partial charge in [0.1, 0.15) is 11.6 Å². The summed E-state index contributed by atoms with van der Waals surface area (Å²) in [5.41, 5.74) is 1.36. The summed E-state index contributed by atoms with van der Waals surface area (Å²) in [4.78, 5) is 17.6. The Kier molecular flexibility index (Phi) is 6.21. The zero-order valence-electron chi connectivity index (χ0n) is 16.9. The maximum Gasteiger partial charge on any atom is 0.228 e. The van der Waals surface area contributed by atoms with Gasteiger partial charge in [-0.3, -0.25) is 13.9 Å². The molecule has 1 aromatic carbocycles. The van der Waals surface area contributed by atoms with Crippen LogP contribution in [0.5, 0.6) is 0 Å². The number of halogens is 3. The smallest absolute Gasteiger partial charge is 0.228 e. The number of nitrogens with zero attached hydrogens (tertiary/aromatic N) is 2. The van der Waals surface area contributed by atoms with E-state index in [9.17, 15) is 22.7 Å². The SMILES string of the molecule is CN(C(=O)Cc1[nH]c(=S)n2c1CC(c1c(F)ccc(Cl)c1F)C2)C1CCS(O)(O)CC1. The molecule has 1 fully saturated rings. The first kappa shape index (κ1) is 22.7. The highest BCUT2D eigenvalue weighted by atomic mass is 35.5. The first-order valence-corrected chi connectivity index (χ1v) is 12.7. The predicted octanol–water partition coefficient (Wildman–Crippen LogP) is 4.73. The molecule has 6 nitrogen and oxygen atoms in total. The maximum atomic E-state index is 14.5. The van der Waals surface area contributed by atoms with Gasteiger partial charge in [-0.05, 0) is 43.6 Å². The molecule has 2 aliphatic rings. The molecule has 0 saturated carbocycles. The standard InChI is InChI=1S/C20H24ClF2N3O3S2/c1-25(12-4-6-31(28,29)7-5-12)17(27)9-15-16-8-11(10-26(16)20(30)24-15)18-14(22)3-2-13(21)19(18)23/h2-3,11-12,28-29H,4-10H2,1H3,(H,24,30). The fourth-order valence-electron chi connectivity index (χ4n) is 4.52. The second kappa shape index (κ2) is 8.47. The van der Waals surface area contributed by atoms with Crippen molar-refractivity contribution in [1.82, 2.24) is 14.5 Å². The highest BCUT2D eigenvalue weighted by Crippen LogP contribution is 2.44. The number of likely N-dealkylation sites (N-methyl/N-ethyl adjacent to an activating group) is 1. The third kappa shape index (κ3) is 4.41. The number of carbonyl (C=O) groups excluding carboxylic acids is 1. The van der Waals surface area contributed by atoms with Crippen molar-refractivity contribution in [2.45, 2.75) is 44.2 Å². The van der Waals surface area contributed by atoms with E-state index in [0.29, 0.717) is 47.8 Å². The van der Waals surface area contributed by atoms with Crippen molar-refractivity contribution in [3.8, 4) is 0 Å². The summed E-state index contributed by atoms with van der Waals surface area (Å²) < 4.78 is 50.6. The van der Waals surface area contributed by atoms with Crippen molar-refractivity contribution in [3.63, 3.8) is 0 Å². The van der Waals surface area contributed by atoms with Crippen LogP contribution in [-0.2, 0) is 24.2 Å². The van der Waals surface area contributed by atoms with Crippen molar-refractivity contribution in [2.75, 3.05) is 18.6 Å². The van der Waals surface area contributed by atoms with Crippen molar-refractivity contribution in [3.05, 3.63) is 50.5 Å². The van der Waals surface area contributed by atoms with Gasteiger partial charge in [0.05, 0.1) is 11.4 Å². The second-order valence-electron chi connectivity index (χ2n) is 8.25. The summed E-state index contributed by atoms with van der Waals surface area (Å²) in [5, 5.41) is -0.126. The molecule has 1 unspecified atom stereocenters. The number of hydrogen-bond acceptors (Lipinski definition) is 4. The van der Waals surface area contributed by atoms with Crippen molar-refractivity contribution in [1.29, 1.82) is 0 Å². The molecule has 2 aliphatic heterocycles. The lowest BCUT2D eigenvalue weighted by atomic mass is 9.95. The Balaban J connectivity index is 1.50. The minimum absolute atomic E-state index is 0.0477. The molecule has 11 heteroatoms. The fourth-order valence-corrected chi connectivity index (χ4v) is 6.49. The normalized spacial score (nSPS) is 21.7. The van der Waals surface area contributed by atoms with Crippen molar-refractivity contribution < 1.29 is 22.7 Å². The molecule has 1 saturated heterocycles. The van der Waals surface area contributed by atoms with Crippen molar-refractivity contribution in [2.24, 2.45) is 0 Å². The summed E-state index contributed by atoms with van der Waals surface area (Å²) in [6.07, 6.45) is 1.52. The Labute approximate surface area is 190 Å². The number of aromatic nitrogens is 2. The molecule has 0 bridgehead atoms. The number of carbonyl (C=O) groups is 1. The maximum absolute atomic E-state index is 14.5. The molecular weight excluding hydrogens is 468 g/mol. The second-order valence-corrected chi connectivity index (χ2v) is 11.5. The van der Waals surface area contributed by atoms with Crippen LogP contribution in [0.25, 0.3) is 0 Å². The quantitative estimate of drug-likeness (QED) is 0.426. The minimum atomic E-state index is -2.51. The largest absolute Gasteiger partial charge is 0.342 e. The summed E-state index contributed by atoms with van der Waals surface area (Å²) in [6, 6.07) is 2.31. The zero-order valence-corrected chi connectivity index (χ0v) is 19.3. The molecule has 1 amide bonds. The van der Waals surface area contributed by atoms with Crippen LogP contribution in [0, 0.1) is 16.4 Å². The molecular formula is C20H24ClF2N3O3S2. The van der Waals surface area contributed by atoms with Gasteiger partial charge >= 0.3 is 0 Å². The van der Waals surface area contributed by atoms with Gasteiger partial charge in [0, 0.05) is 54.0 Å². The molecule has 0 radical (unpaired) electrons. The van der Waals surface area contributed by atoms with Gasteiger partial charge < -0.3 is 14.5 Å². The Morgan fingerprint density at radius 2 is 2.03 bits per heavy atom. The van der Waals surface area contributed by atoms with Gasteiger partial charge in [0.25, 0.3) is 0 Å². The number of amides is 1. The van der Waals surface area contributed by atoms with Crippen LogP contribution >= 0.6 is 34.4 Å². The molecule has 31 heavy (non-hydrogen) atoms. The average Bonchev–Trinajstić information content (AvgIpc) is 3.26. The first-order chi connectivity index (χ1) is 14.6. The monoisotopic (exact) mass is 491 g/mol. The van der Waals surface area contributed by atoms with E-state index in [0.717, 1.165) is 11.8 Å². The van der Waals surface area contributed by atoms with E-state index in [2.05, 4.69) is 4.98 Å². The number of H-pyrrole nitrogens is 1. The number of aromatic amines is 1. The van der Waals surface area contributed by atoms with Gasteiger partial charge in [-0.1, -0.05) is 11.6 Å². The summed E-state index contributed by atoms with van der Waals surface area (Å²) >= 11 is 11.2. The Bertz CT molecular complexity index is 1080. The third-order valence-electron chi connectivity index (χ3n) is 6.33. The fraction of sp³-hybridized carbons (Fsp3) is 0.500. The molecule has 1 atom stereocenters. The van der Waals surface area contributed by atoms with Gasteiger partial charge in [0.2, 0.25) is 5.91 Å². The van der Waals surface area contributed by atoms with Crippen LogP contribution in [0.2, 0.25) is 5.02 Å². The number of rotatable bonds is 4. The van der Waals surface area contributed by atoms with Crippen molar-refractivity contribution >= 4 is 40.3 Å². The van der Waals surface area contributed by atoms with Crippen LogP contribution in [0.3, 0.4) is 0 Å². The summed E-state index contributed by atoms with van der Waals surface area (Å²) in [7, 11) is -0.796. The summed E-state index contributed by atoms with van der Waals surface area (Å²) in [6.45, 7) is 0.309. The van der Waals surface area contributed by atoms with Crippen LogP contribution in [-0.4, -0.2) is 54.1 Å². The number of benzene rings is 1. The van der Waals surface area contributed by atoms with E-state index in [-0.39, 0.29) is 29.0 Å². The lowest BCUT2D eigenvalue weighted by Gasteiger charge is -2.42. The summed E-state index contributed by atoms with van der Waals surface area (Å²) in [5.74, 6) is -1.37. The molecule has 0 aliphatic carbocycles. The molecule has 2 aromatic rings. The van der Waals surface area contributed by atoms with E-state index >= 15 is 0 Å². The lowest BCUT2D eigenvalue weighted by Crippen LogP contribution is -2.42. The Hall–Kier alpha value is -1.46. The van der Waals surface area contributed by atoms with Gasteiger partial charge in [0.15, 0.2) is 4.77 Å². The lowest BCUT2D eigenvalue weighted by molar-refractivity contribution is -0.131. The number of nitrogens with one attached hydrogen (secondary N) is 1. The Morgan fingerprint density at radius 1 is 1.35 bits per heavy atom. The molecule has 170 valence electrons. The van der Waals surface area contributed by atoms with E-state index in [1.807, 2.05) is 0 Å². The molecule has 1 aromatic heterocycles. The van der Waals surface area contributed by atoms with Crippen LogP contribution in [0.15, 0.2) is 12.1 Å². The van der Waals surface area contributed by atoms with E-state index in [1.165, 1.54) is 6.07 Å². The number of imidazole rings is 1. The van der Waals surface area contributed by atoms with Crippen LogP contribution < -0.4 is 0 Å². The highest BCUT2D eigenvalue weighted by Gasteiger charge is 2.33.